The summed E-state index contributed by atoms with van der Waals surface area (Å²) in [5.41, 5.74) is 0.700. The summed E-state index contributed by atoms with van der Waals surface area (Å²) in [4.78, 5) is 9.73. The third-order valence-electron chi connectivity index (χ3n) is 2.83. The van der Waals surface area contributed by atoms with Crippen LogP contribution in [0.15, 0.2) is 60.2 Å². The van der Waals surface area contributed by atoms with Crippen LogP contribution in [-0.4, -0.2) is 21.3 Å². The lowest BCUT2D eigenvalue weighted by Crippen LogP contribution is -2.22. The average molecular weight is 288 g/mol. The summed E-state index contributed by atoms with van der Waals surface area (Å²) in [5.74, 6) is -0.660. The molecule has 112 valence electrons. The highest BCUT2D eigenvalue weighted by Gasteiger charge is 2.25. The molecule has 1 atom stereocenters. The molecule has 1 aliphatic rings. The van der Waals surface area contributed by atoms with Crippen LogP contribution in [0.1, 0.15) is 25.8 Å². The highest BCUT2D eigenvalue weighted by Crippen LogP contribution is 2.30. The van der Waals surface area contributed by atoms with Gasteiger partial charge in [-0.3, -0.25) is 0 Å². The van der Waals surface area contributed by atoms with Crippen LogP contribution in [0.25, 0.3) is 0 Å². The summed E-state index contributed by atoms with van der Waals surface area (Å²) in [5, 5.41) is 27.3. The quantitative estimate of drug-likeness (QED) is 0.731. The molecule has 2 rings (SSSR count). The number of rotatable bonds is 2. The van der Waals surface area contributed by atoms with E-state index in [1.54, 1.807) is 44.2 Å². The first-order chi connectivity index (χ1) is 9.83. The molecule has 0 aromatic heterocycles. The highest BCUT2D eigenvalue weighted by atomic mass is 16.4. The Labute approximate surface area is 124 Å². The molecule has 0 saturated carbocycles. The van der Waals surface area contributed by atoms with Crippen molar-refractivity contribution in [2.45, 2.75) is 25.9 Å². The van der Waals surface area contributed by atoms with Crippen LogP contribution in [0.2, 0.25) is 0 Å². The maximum atomic E-state index is 10.2. The number of carboxylic acids is 1. The zero-order valence-electron chi connectivity index (χ0n) is 12.2. The van der Waals surface area contributed by atoms with Gasteiger partial charge >= 0.3 is 5.97 Å². The Kier molecular flexibility index (Phi) is 5.93. The van der Waals surface area contributed by atoms with Crippen molar-refractivity contribution in [1.29, 1.82) is 0 Å². The molecule has 0 aliphatic heterocycles. The van der Waals surface area contributed by atoms with Gasteiger partial charge < -0.3 is 15.3 Å². The van der Waals surface area contributed by atoms with Gasteiger partial charge in [-0.2, -0.15) is 0 Å². The Morgan fingerprint density at radius 2 is 1.81 bits per heavy atom. The summed E-state index contributed by atoms with van der Waals surface area (Å²) in [7, 11) is 0. The lowest BCUT2D eigenvalue weighted by Gasteiger charge is -2.25. The Balaban J connectivity index is 0.000000270. The number of benzene rings is 1. The van der Waals surface area contributed by atoms with Crippen molar-refractivity contribution in [3.8, 4) is 5.75 Å². The number of allylic oxidation sites excluding steroid dienone is 3. The van der Waals surface area contributed by atoms with Crippen LogP contribution in [0.4, 0.5) is 0 Å². The Morgan fingerprint density at radius 1 is 1.19 bits per heavy atom. The van der Waals surface area contributed by atoms with Crippen LogP contribution in [0.5, 0.6) is 5.75 Å². The summed E-state index contributed by atoms with van der Waals surface area (Å²) in [6.45, 7) is 3.49. The van der Waals surface area contributed by atoms with Crippen molar-refractivity contribution in [1.82, 2.24) is 0 Å². The number of phenols is 1. The number of aromatic hydroxyl groups is 1. The number of carbonyl (C=O) groups is 1. The number of carboxylic acid groups (broad SMARTS) is 1. The molecule has 0 spiro atoms. The summed E-state index contributed by atoms with van der Waals surface area (Å²) < 4.78 is 0. The second-order valence-electron chi connectivity index (χ2n) is 5.02. The highest BCUT2D eigenvalue weighted by molar-refractivity contribution is 5.80. The third kappa shape index (κ3) is 5.67. The lowest BCUT2D eigenvalue weighted by atomic mass is 9.88. The minimum absolute atomic E-state index is 0.215. The predicted molar refractivity (Wildman–Crippen MR) is 82.0 cm³/mol. The van der Waals surface area contributed by atoms with Crippen molar-refractivity contribution in [2.75, 3.05) is 0 Å². The Hall–Kier alpha value is -2.33. The maximum Gasteiger partial charge on any atom is 0.328 e. The molecular formula is C17H20O4. The molecule has 0 heterocycles. The third-order valence-corrected chi connectivity index (χ3v) is 2.83. The molecule has 3 N–H and O–H groups in total. The van der Waals surface area contributed by atoms with Gasteiger partial charge in [-0.15, -0.1) is 0 Å². The number of hydrogen-bond donors (Lipinski definition) is 3. The zero-order chi connectivity index (χ0) is 15.9. The van der Waals surface area contributed by atoms with Gasteiger partial charge in [0.05, 0.1) is 0 Å². The van der Waals surface area contributed by atoms with Gasteiger partial charge in [0, 0.05) is 12.5 Å². The first-order valence-electron chi connectivity index (χ1n) is 6.57. The first-order valence-corrected chi connectivity index (χ1v) is 6.57. The molecule has 0 fully saturated rings. The average Bonchev–Trinajstić information content (AvgIpc) is 2.39. The second-order valence-corrected chi connectivity index (χ2v) is 5.02. The maximum absolute atomic E-state index is 10.2. The van der Waals surface area contributed by atoms with Crippen molar-refractivity contribution in [3.05, 3.63) is 65.8 Å². The van der Waals surface area contributed by atoms with Crippen molar-refractivity contribution >= 4 is 5.97 Å². The fourth-order valence-corrected chi connectivity index (χ4v) is 1.82. The molecule has 21 heavy (non-hydrogen) atoms. The molecule has 0 radical (unpaired) electrons. The largest absolute Gasteiger partial charge is 0.508 e. The molecule has 0 saturated heterocycles. The predicted octanol–water partition coefficient (Wildman–Crippen LogP) is 3.13. The van der Waals surface area contributed by atoms with E-state index in [0.29, 0.717) is 6.42 Å². The summed E-state index contributed by atoms with van der Waals surface area (Å²) >= 11 is 0. The number of phenolic OH excluding ortho intramolecular Hbond substituents is 1. The van der Waals surface area contributed by atoms with E-state index in [-0.39, 0.29) is 5.75 Å². The first kappa shape index (κ1) is 16.7. The zero-order valence-corrected chi connectivity index (χ0v) is 12.2. The second kappa shape index (κ2) is 7.45. The molecule has 1 unspecified atom stereocenters. The van der Waals surface area contributed by atoms with Gasteiger partial charge in [-0.1, -0.05) is 35.9 Å². The van der Waals surface area contributed by atoms with Crippen LogP contribution >= 0.6 is 0 Å². The van der Waals surface area contributed by atoms with Gasteiger partial charge in [0.25, 0.3) is 0 Å². The summed E-state index contributed by atoms with van der Waals surface area (Å²) in [6, 6.07) is 6.64. The topological polar surface area (TPSA) is 77.8 Å². The minimum Gasteiger partial charge on any atom is -0.508 e. The van der Waals surface area contributed by atoms with Gasteiger partial charge in [0.2, 0.25) is 0 Å². The van der Waals surface area contributed by atoms with Crippen molar-refractivity contribution < 1.29 is 20.1 Å². The van der Waals surface area contributed by atoms with Gasteiger partial charge in [-0.05, 0) is 37.6 Å². The number of aliphatic carboxylic acids is 1. The monoisotopic (exact) mass is 288 g/mol. The number of hydrogen-bond acceptors (Lipinski definition) is 3. The van der Waals surface area contributed by atoms with E-state index in [1.807, 2.05) is 18.2 Å². The number of aliphatic hydroxyl groups is 1. The van der Waals surface area contributed by atoms with Crippen molar-refractivity contribution in [2.24, 2.45) is 0 Å². The van der Waals surface area contributed by atoms with Gasteiger partial charge in [0.1, 0.15) is 11.4 Å². The molecule has 1 aliphatic carbocycles. The SMILES string of the molecule is CC(C)=CC(=O)O.Oc1ccc(C2(O)C=CC=CC2)cc1. The smallest absolute Gasteiger partial charge is 0.328 e. The fraction of sp³-hybridized carbons (Fsp3) is 0.235. The van der Waals surface area contributed by atoms with Gasteiger partial charge in [-0.25, -0.2) is 4.79 Å². The van der Waals surface area contributed by atoms with E-state index in [0.717, 1.165) is 11.1 Å². The molecule has 1 aromatic carbocycles. The van der Waals surface area contributed by atoms with E-state index in [9.17, 15) is 9.90 Å². The van der Waals surface area contributed by atoms with Crippen LogP contribution in [-0.2, 0) is 10.4 Å². The molecule has 0 bridgehead atoms. The van der Waals surface area contributed by atoms with E-state index < -0.39 is 11.6 Å². The van der Waals surface area contributed by atoms with E-state index in [4.69, 9.17) is 10.2 Å². The van der Waals surface area contributed by atoms with E-state index in [1.165, 1.54) is 6.08 Å². The van der Waals surface area contributed by atoms with Crippen LogP contribution in [0.3, 0.4) is 0 Å². The molecule has 4 heteroatoms. The lowest BCUT2D eigenvalue weighted by molar-refractivity contribution is -0.131. The van der Waals surface area contributed by atoms with Crippen LogP contribution in [0, 0.1) is 0 Å². The standard InChI is InChI=1S/C12H12O2.C5H8O2/c13-11-6-4-10(5-7-11)12(14)8-2-1-3-9-12;1-4(2)3-5(6)7/h1-8,13-14H,9H2;3H,1-2H3,(H,6,7). The normalized spacial score (nSPS) is 19.4. The van der Waals surface area contributed by atoms with Crippen molar-refractivity contribution in [3.63, 3.8) is 0 Å². The fourth-order valence-electron chi connectivity index (χ4n) is 1.82. The molecule has 4 nitrogen and oxygen atoms in total. The van der Waals surface area contributed by atoms with Crippen LogP contribution < -0.4 is 0 Å². The molecule has 0 amide bonds. The minimum atomic E-state index is -0.914. The Morgan fingerprint density at radius 3 is 2.19 bits per heavy atom. The Bertz CT molecular complexity index is 563. The van der Waals surface area contributed by atoms with E-state index >= 15 is 0 Å². The van der Waals surface area contributed by atoms with E-state index in [2.05, 4.69) is 0 Å². The molecule has 1 aromatic rings. The van der Waals surface area contributed by atoms with Gasteiger partial charge in [0.15, 0.2) is 0 Å². The summed E-state index contributed by atoms with van der Waals surface area (Å²) in [6.07, 6.45) is 9.17. The molecular weight excluding hydrogens is 268 g/mol.